The summed E-state index contributed by atoms with van der Waals surface area (Å²) in [5.74, 6) is 0. The second-order valence-corrected chi connectivity index (χ2v) is 5.44. The fourth-order valence-electron chi connectivity index (χ4n) is 1.64. The van der Waals surface area contributed by atoms with Gasteiger partial charge in [-0.05, 0) is 44.4 Å². The highest BCUT2D eigenvalue weighted by molar-refractivity contribution is 7.80. The van der Waals surface area contributed by atoms with E-state index in [0.29, 0.717) is 6.04 Å². The van der Waals surface area contributed by atoms with Crippen LogP contribution < -0.4 is 10.7 Å². The predicted molar refractivity (Wildman–Crippen MR) is 67.5 cm³/mol. The Morgan fingerprint density at radius 2 is 2.27 bits per heavy atom. The highest BCUT2D eigenvalue weighted by Gasteiger charge is 2.38. The summed E-state index contributed by atoms with van der Waals surface area (Å²) in [6.07, 6.45) is 0. The van der Waals surface area contributed by atoms with Gasteiger partial charge in [0.05, 0.1) is 0 Å². The lowest BCUT2D eigenvalue weighted by atomic mass is 10.2. The van der Waals surface area contributed by atoms with Crippen LogP contribution in [0.5, 0.6) is 0 Å². The number of hydrogen-bond donors (Lipinski definition) is 2. The standard InChI is InChI=1S/C10H15N3S2/c1-7(2)13-9(14)11-10(3,12-13)8-5-4-6-15-8/h4-7,12H,1-3H3,(H,11,14)/t10-/m0/s1. The third-order valence-corrected chi connectivity index (χ3v) is 3.84. The summed E-state index contributed by atoms with van der Waals surface area (Å²) in [4.78, 5) is 1.24. The van der Waals surface area contributed by atoms with Gasteiger partial charge in [-0.25, -0.2) is 5.43 Å². The molecule has 1 fully saturated rings. The van der Waals surface area contributed by atoms with Crippen molar-refractivity contribution in [1.29, 1.82) is 0 Å². The molecule has 0 radical (unpaired) electrons. The van der Waals surface area contributed by atoms with E-state index in [1.165, 1.54) is 4.88 Å². The summed E-state index contributed by atoms with van der Waals surface area (Å²) in [5.41, 5.74) is 3.16. The number of rotatable bonds is 2. The van der Waals surface area contributed by atoms with Crippen LogP contribution in [0.4, 0.5) is 0 Å². The molecular formula is C10H15N3S2. The molecule has 1 aromatic heterocycles. The Kier molecular flexibility index (Phi) is 2.70. The SMILES string of the molecule is CC(C)N1N[C@@](C)(c2cccs2)NC1=S. The summed E-state index contributed by atoms with van der Waals surface area (Å²) < 4.78 is 0. The number of nitrogens with zero attached hydrogens (tertiary/aromatic N) is 1. The van der Waals surface area contributed by atoms with Gasteiger partial charge in [0, 0.05) is 10.9 Å². The third kappa shape index (κ3) is 1.87. The second kappa shape index (κ2) is 3.73. The predicted octanol–water partition coefficient (Wildman–Crippen LogP) is 2.02. The Balaban J connectivity index is 2.24. The molecule has 0 saturated carbocycles. The van der Waals surface area contributed by atoms with Crippen molar-refractivity contribution in [1.82, 2.24) is 15.8 Å². The first-order valence-electron chi connectivity index (χ1n) is 4.96. The van der Waals surface area contributed by atoms with Gasteiger partial charge in [-0.2, -0.15) is 0 Å². The smallest absolute Gasteiger partial charge is 0.185 e. The first-order valence-corrected chi connectivity index (χ1v) is 6.25. The van der Waals surface area contributed by atoms with Gasteiger partial charge in [0.2, 0.25) is 0 Å². The monoisotopic (exact) mass is 241 g/mol. The average Bonchev–Trinajstić information content (AvgIpc) is 2.73. The van der Waals surface area contributed by atoms with Crippen molar-refractivity contribution < 1.29 is 0 Å². The Morgan fingerprint density at radius 3 is 2.73 bits per heavy atom. The van der Waals surface area contributed by atoms with Crippen molar-refractivity contribution in [2.75, 3.05) is 0 Å². The molecule has 82 valence electrons. The normalized spacial score (nSPS) is 26.1. The van der Waals surface area contributed by atoms with E-state index < -0.39 is 0 Å². The molecular weight excluding hydrogens is 226 g/mol. The van der Waals surface area contributed by atoms with Crippen molar-refractivity contribution in [3.63, 3.8) is 0 Å². The summed E-state index contributed by atoms with van der Waals surface area (Å²) in [6.45, 7) is 6.33. The summed E-state index contributed by atoms with van der Waals surface area (Å²) in [5, 5.41) is 8.15. The number of nitrogens with one attached hydrogen (secondary N) is 2. The first-order chi connectivity index (χ1) is 7.03. The quantitative estimate of drug-likeness (QED) is 0.775. The fraction of sp³-hybridized carbons (Fsp3) is 0.500. The Morgan fingerprint density at radius 1 is 1.53 bits per heavy atom. The molecule has 0 aliphatic carbocycles. The molecule has 0 unspecified atom stereocenters. The minimum atomic E-state index is -0.254. The van der Waals surface area contributed by atoms with E-state index in [4.69, 9.17) is 12.2 Å². The van der Waals surface area contributed by atoms with Crippen LogP contribution in [-0.2, 0) is 5.66 Å². The largest absolute Gasteiger partial charge is 0.338 e. The van der Waals surface area contributed by atoms with Crippen LogP contribution in [0.2, 0.25) is 0 Å². The molecule has 0 spiro atoms. The zero-order chi connectivity index (χ0) is 11.1. The van der Waals surface area contributed by atoms with Crippen LogP contribution in [0, 0.1) is 0 Å². The van der Waals surface area contributed by atoms with E-state index in [1.54, 1.807) is 11.3 Å². The van der Waals surface area contributed by atoms with E-state index in [-0.39, 0.29) is 5.66 Å². The Hall–Kier alpha value is -0.650. The zero-order valence-corrected chi connectivity index (χ0v) is 10.7. The maximum atomic E-state index is 5.30. The van der Waals surface area contributed by atoms with Gasteiger partial charge in [-0.3, -0.25) is 5.01 Å². The number of hydrazine groups is 1. The van der Waals surface area contributed by atoms with Crippen molar-refractivity contribution in [2.24, 2.45) is 0 Å². The number of thiophene rings is 1. The molecule has 1 saturated heterocycles. The van der Waals surface area contributed by atoms with Crippen LogP contribution in [0.25, 0.3) is 0 Å². The third-order valence-electron chi connectivity index (χ3n) is 2.45. The first kappa shape index (κ1) is 10.9. The molecule has 2 N–H and O–H groups in total. The maximum Gasteiger partial charge on any atom is 0.185 e. The molecule has 1 aliphatic rings. The Bertz CT molecular complexity index is 361. The minimum Gasteiger partial charge on any atom is -0.338 e. The zero-order valence-electron chi connectivity index (χ0n) is 9.07. The van der Waals surface area contributed by atoms with E-state index in [2.05, 4.69) is 49.0 Å². The lowest BCUT2D eigenvalue weighted by molar-refractivity contribution is 0.205. The average molecular weight is 241 g/mol. The van der Waals surface area contributed by atoms with Gasteiger partial charge in [0.25, 0.3) is 0 Å². The van der Waals surface area contributed by atoms with E-state index in [1.807, 2.05) is 5.01 Å². The van der Waals surface area contributed by atoms with Crippen molar-refractivity contribution >= 4 is 28.7 Å². The highest BCUT2D eigenvalue weighted by atomic mass is 32.1. The molecule has 1 aliphatic heterocycles. The molecule has 1 atom stereocenters. The van der Waals surface area contributed by atoms with Crippen LogP contribution in [0.15, 0.2) is 17.5 Å². The minimum absolute atomic E-state index is 0.254. The molecule has 5 heteroatoms. The molecule has 0 bridgehead atoms. The number of thiocarbonyl (C=S) groups is 1. The van der Waals surface area contributed by atoms with E-state index in [0.717, 1.165) is 5.11 Å². The second-order valence-electron chi connectivity index (χ2n) is 4.11. The topological polar surface area (TPSA) is 27.3 Å². The molecule has 0 amide bonds. The lowest BCUT2D eigenvalue weighted by Crippen LogP contribution is -2.46. The van der Waals surface area contributed by atoms with Gasteiger partial charge in [0.1, 0.15) is 5.66 Å². The molecule has 1 aromatic rings. The fourth-order valence-corrected chi connectivity index (χ4v) is 2.89. The van der Waals surface area contributed by atoms with Crippen LogP contribution in [-0.4, -0.2) is 16.2 Å². The highest BCUT2D eigenvalue weighted by Crippen LogP contribution is 2.27. The van der Waals surface area contributed by atoms with E-state index in [9.17, 15) is 0 Å². The Labute approximate surface area is 99.4 Å². The van der Waals surface area contributed by atoms with E-state index >= 15 is 0 Å². The molecule has 2 rings (SSSR count). The maximum absolute atomic E-state index is 5.30. The summed E-state index contributed by atoms with van der Waals surface area (Å²) in [7, 11) is 0. The van der Waals surface area contributed by atoms with Crippen molar-refractivity contribution in [3.05, 3.63) is 22.4 Å². The van der Waals surface area contributed by atoms with Gasteiger partial charge in [-0.15, -0.1) is 11.3 Å². The van der Waals surface area contributed by atoms with Crippen molar-refractivity contribution in [3.8, 4) is 0 Å². The van der Waals surface area contributed by atoms with Crippen molar-refractivity contribution in [2.45, 2.75) is 32.5 Å². The van der Waals surface area contributed by atoms with Gasteiger partial charge >= 0.3 is 0 Å². The van der Waals surface area contributed by atoms with Crippen LogP contribution >= 0.6 is 23.6 Å². The summed E-state index contributed by atoms with van der Waals surface area (Å²) in [6, 6.07) is 4.51. The molecule has 2 heterocycles. The van der Waals surface area contributed by atoms with Crippen LogP contribution in [0.3, 0.4) is 0 Å². The van der Waals surface area contributed by atoms with Crippen LogP contribution in [0.1, 0.15) is 25.6 Å². The molecule has 15 heavy (non-hydrogen) atoms. The van der Waals surface area contributed by atoms with Gasteiger partial charge < -0.3 is 5.32 Å². The molecule has 3 nitrogen and oxygen atoms in total. The summed E-state index contributed by atoms with van der Waals surface area (Å²) >= 11 is 7.02. The lowest BCUT2D eigenvalue weighted by Gasteiger charge is -2.26. The van der Waals surface area contributed by atoms with Gasteiger partial charge in [-0.1, -0.05) is 6.07 Å². The van der Waals surface area contributed by atoms with Gasteiger partial charge in [0.15, 0.2) is 5.11 Å². The number of hydrogen-bond acceptors (Lipinski definition) is 3. The molecule has 0 aromatic carbocycles.